The van der Waals surface area contributed by atoms with Crippen LogP contribution < -0.4 is 15.8 Å². The summed E-state index contributed by atoms with van der Waals surface area (Å²) in [6.45, 7) is 3.37. The highest BCUT2D eigenvalue weighted by atomic mass is 16.5. The third-order valence-corrected chi connectivity index (χ3v) is 2.28. The molecule has 0 amide bonds. The molecule has 0 saturated heterocycles. The van der Waals surface area contributed by atoms with E-state index in [9.17, 15) is 0 Å². The number of rotatable bonds is 6. The lowest BCUT2D eigenvalue weighted by molar-refractivity contribution is 0.331. The van der Waals surface area contributed by atoms with Gasteiger partial charge in [0.25, 0.3) is 0 Å². The van der Waals surface area contributed by atoms with Crippen LogP contribution in [0.25, 0.3) is 0 Å². The van der Waals surface area contributed by atoms with Crippen LogP contribution in [0.1, 0.15) is 11.5 Å². The minimum Gasteiger partial charge on any atom is -0.492 e. The minimum atomic E-state index is 0.245. The van der Waals surface area contributed by atoms with Crippen molar-refractivity contribution in [2.75, 3.05) is 18.5 Å². The molecule has 0 saturated carbocycles. The number of nitrogens with zero attached hydrogens (tertiary/aromatic N) is 2. The van der Waals surface area contributed by atoms with Gasteiger partial charge in [0.15, 0.2) is 0 Å². The first kappa shape index (κ1) is 12.4. The van der Waals surface area contributed by atoms with Gasteiger partial charge in [-0.3, -0.25) is 0 Å². The molecule has 1 aromatic heterocycles. The summed E-state index contributed by atoms with van der Waals surface area (Å²) >= 11 is 0. The lowest BCUT2D eigenvalue weighted by atomic mass is 10.2. The number of aromatic nitrogens is 2. The van der Waals surface area contributed by atoms with Crippen LogP contribution in [0.3, 0.4) is 0 Å². The Labute approximate surface area is 105 Å². The van der Waals surface area contributed by atoms with E-state index in [0.717, 1.165) is 5.75 Å². The summed E-state index contributed by atoms with van der Waals surface area (Å²) < 4.78 is 10.8. The van der Waals surface area contributed by atoms with E-state index in [4.69, 9.17) is 14.9 Å². The first-order valence-corrected chi connectivity index (χ1v) is 5.73. The molecule has 0 spiro atoms. The van der Waals surface area contributed by atoms with Crippen molar-refractivity contribution in [1.29, 1.82) is 0 Å². The topological polar surface area (TPSA) is 86.2 Å². The molecule has 96 valence electrons. The van der Waals surface area contributed by atoms with E-state index >= 15 is 0 Å². The highest BCUT2D eigenvalue weighted by Crippen LogP contribution is 2.12. The van der Waals surface area contributed by atoms with Crippen LogP contribution in [0.5, 0.6) is 5.75 Å². The molecular weight excluding hydrogens is 232 g/mol. The van der Waals surface area contributed by atoms with Gasteiger partial charge in [0.1, 0.15) is 12.4 Å². The SMILES string of the molecule is Cc1cccc(OCCNc2nnc(CN)o2)c1. The van der Waals surface area contributed by atoms with Crippen molar-refractivity contribution in [2.24, 2.45) is 5.73 Å². The zero-order chi connectivity index (χ0) is 12.8. The van der Waals surface area contributed by atoms with E-state index in [1.807, 2.05) is 31.2 Å². The van der Waals surface area contributed by atoms with Gasteiger partial charge in [-0.15, -0.1) is 5.10 Å². The highest BCUT2D eigenvalue weighted by Gasteiger charge is 2.02. The maximum absolute atomic E-state index is 5.56. The zero-order valence-electron chi connectivity index (χ0n) is 10.2. The van der Waals surface area contributed by atoms with Gasteiger partial charge in [-0.05, 0) is 24.6 Å². The van der Waals surface area contributed by atoms with Crippen molar-refractivity contribution in [1.82, 2.24) is 10.2 Å². The first-order chi connectivity index (χ1) is 8.78. The molecule has 1 aromatic carbocycles. The highest BCUT2D eigenvalue weighted by molar-refractivity contribution is 5.27. The van der Waals surface area contributed by atoms with Gasteiger partial charge in [0, 0.05) is 0 Å². The van der Waals surface area contributed by atoms with E-state index < -0.39 is 0 Å². The number of aryl methyl sites for hydroxylation is 1. The molecule has 0 aliphatic heterocycles. The summed E-state index contributed by atoms with van der Waals surface area (Å²) in [5.74, 6) is 1.27. The smallest absolute Gasteiger partial charge is 0.315 e. The average molecular weight is 248 g/mol. The Morgan fingerprint density at radius 2 is 2.28 bits per heavy atom. The lowest BCUT2D eigenvalue weighted by Gasteiger charge is -2.06. The number of hydrogen-bond donors (Lipinski definition) is 2. The Morgan fingerprint density at radius 3 is 3.00 bits per heavy atom. The largest absolute Gasteiger partial charge is 0.492 e. The fraction of sp³-hybridized carbons (Fsp3) is 0.333. The van der Waals surface area contributed by atoms with Crippen molar-refractivity contribution >= 4 is 6.01 Å². The Hall–Kier alpha value is -2.08. The first-order valence-electron chi connectivity index (χ1n) is 5.73. The number of anilines is 1. The summed E-state index contributed by atoms with van der Waals surface area (Å²) in [5, 5.41) is 10.5. The molecule has 6 heteroatoms. The van der Waals surface area contributed by atoms with Crippen LogP contribution in [0, 0.1) is 6.92 Å². The molecule has 0 atom stereocenters. The molecule has 0 radical (unpaired) electrons. The maximum Gasteiger partial charge on any atom is 0.315 e. The van der Waals surface area contributed by atoms with Crippen LogP contribution in [0.2, 0.25) is 0 Å². The van der Waals surface area contributed by atoms with E-state index in [1.54, 1.807) is 0 Å². The van der Waals surface area contributed by atoms with Gasteiger partial charge in [-0.1, -0.05) is 17.2 Å². The second kappa shape index (κ2) is 6.02. The standard InChI is InChI=1S/C12H16N4O2/c1-9-3-2-4-10(7-9)17-6-5-14-12-16-15-11(8-13)18-12/h2-4,7H,5-6,8,13H2,1H3,(H,14,16). The van der Waals surface area contributed by atoms with Gasteiger partial charge in [-0.2, -0.15) is 0 Å². The minimum absolute atomic E-state index is 0.245. The van der Waals surface area contributed by atoms with Crippen molar-refractivity contribution in [3.8, 4) is 5.75 Å². The molecule has 0 aliphatic rings. The van der Waals surface area contributed by atoms with Crippen LogP contribution in [0.15, 0.2) is 28.7 Å². The van der Waals surface area contributed by atoms with E-state index in [-0.39, 0.29) is 6.54 Å². The summed E-state index contributed by atoms with van der Waals surface area (Å²) in [6, 6.07) is 8.26. The number of nitrogens with two attached hydrogens (primary N) is 1. The van der Waals surface area contributed by atoms with E-state index in [2.05, 4.69) is 15.5 Å². The third-order valence-electron chi connectivity index (χ3n) is 2.28. The van der Waals surface area contributed by atoms with Gasteiger partial charge in [0.05, 0.1) is 13.1 Å². The van der Waals surface area contributed by atoms with Crippen LogP contribution >= 0.6 is 0 Å². The molecule has 6 nitrogen and oxygen atoms in total. The lowest BCUT2D eigenvalue weighted by Crippen LogP contribution is -2.11. The molecule has 18 heavy (non-hydrogen) atoms. The van der Waals surface area contributed by atoms with E-state index in [1.165, 1.54) is 5.56 Å². The Bertz CT molecular complexity index is 498. The third kappa shape index (κ3) is 3.46. The average Bonchev–Trinajstić information content (AvgIpc) is 2.83. The van der Waals surface area contributed by atoms with Crippen LogP contribution in [0.4, 0.5) is 6.01 Å². The second-order valence-electron chi connectivity index (χ2n) is 3.80. The number of benzene rings is 1. The molecule has 2 aromatic rings. The molecule has 3 N–H and O–H groups in total. The fourth-order valence-electron chi connectivity index (χ4n) is 1.44. The summed E-state index contributed by atoms with van der Waals surface area (Å²) in [7, 11) is 0. The monoisotopic (exact) mass is 248 g/mol. The zero-order valence-corrected chi connectivity index (χ0v) is 10.2. The van der Waals surface area contributed by atoms with Gasteiger partial charge in [-0.25, -0.2) is 0 Å². The van der Waals surface area contributed by atoms with E-state index in [0.29, 0.717) is 25.1 Å². The Kier molecular flexibility index (Phi) is 4.14. The van der Waals surface area contributed by atoms with Crippen LogP contribution in [-0.2, 0) is 6.54 Å². The number of hydrogen-bond acceptors (Lipinski definition) is 6. The molecule has 1 heterocycles. The summed E-state index contributed by atoms with van der Waals surface area (Å²) in [5.41, 5.74) is 6.53. The summed E-state index contributed by atoms with van der Waals surface area (Å²) in [6.07, 6.45) is 0. The maximum atomic E-state index is 5.56. The van der Waals surface area contributed by atoms with Gasteiger partial charge in [0.2, 0.25) is 5.89 Å². The Balaban J connectivity index is 1.72. The molecule has 2 rings (SSSR count). The predicted molar refractivity (Wildman–Crippen MR) is 67.4 cm³/mol. The summed E-state index contributed by atoms with van der Waals surface area (Å²) in [4.78, 5) is 0. The normalized spacial score (nSPS) is 10.3. The van der Waals surface area contributed by atoms with Crippen molar-refractivity contribution in [2.45, 2.75) is 13.5 Å². The molecular formula is C12H16N4O2. The second-order valence-corrected chi connectivity index (χ2v) is 3.80. The van der Waals surface area contributed by atoms with Crippen molar-refractivity contribution in [3.63, 3.8) is 0 Å². The quantitative estimate of drug-likeness (QED) is 0.750. The Morgan fingerprint density at radius 1 is 1.39 bits per heavy atom. The van der Waals surface area contributed by atoms with Crippen molar-refractivity contribution < 1.29 is 9.15 Å². The van der Waals surface area contributed by atoms with Crippen molar-refractivity contribution in [3.05, 3.63) is 35.7 Å². The molecule has 0 bridgehead atoms. The number of nitrogens with one attached hydrogen (secondary N) is 1. The van der Waals surface area contributed by atoms with Crippen LogP contribution in [-0.4, -0.2) is 23.3 Å². The number of ether oxygens (including phenoxy) is 1. The fourth-order valence-corrected chi connectivity index (χ4v) is 1.44. The molecule has 0 unspecified atom stereocenters. The predicted octanol–water partition coefficient (Wildman–Crippen LogP) is 1.33. The molecule has 0 aliphatic carbocycles. The van der Waals surface area contributed by atoms with Gasteiger partial charge < -0.3 is 20.2 Å². The van der Waals surface area contributed by atoms with Gasteiger partial charge >= 0.3 is 6.01 Å². The molecule has 0 fully saturated rings.